The van der Waals surface area contributed by atoms with Gasteiger partial charge in [0, 0.05) is 25.9 Å². The minimum Gasteiger partial charge on any atom is -0.305 e. The van der Waals surface area contributed by atoms with E-state index in [2.05, 4.69) is 22.4 Å². The van der Waals surface area contributed by atoms with Gasteiger partial charge < -0.3 is 5.32 Å². The van der Waals surface area contributed by atoms with Gasteiger partial charge in [-0.2, -0.15) is 10.2 Å². The smallest absolute Gasteiger partial charge is 0.0837 e. The van der Waals surface area contributed by atoms with Crippen molar-refractivity contribution in [1.82, 2.24) is 24.9 Å². The predicted octanol–water partition coefficient (Wildman–Crippen LogP) is 1.81. The standard InChI is InChI=1S/C12H18ClN5/c1-5-14-11(9-7-17(3)16-8(9)2)12-10(13)6-15-18(12)4/h6-7,11,14H,5H2,1-4H3. The van der Waals surface area contributed by atoms with Crippen LogP contribution >= 0.6 is 11.6 Å². The summed E-state index contributed by atoms with van der Waals surface area (Å²) >= 11 is 6.23. The first kappa shape index (κ1) is 13.1. The van der Waals surface area contributed by atoms with Crippen LogP contribution < -0.4 is 5.32 Å². The van der Waals surface area contributed by atoms with Crippen LogP contribution in [0.4, 0.5) is 0 Å². The third-order valence-corrected chi connectivity index (χ3v) is 3.27. The van der Waals surface area contributed by atoms with E-state index in [4.69, 9.17) is 11.6 Å². The molecule has 18 heavy (non-hydrogen) atoms. The number of halogens is 1. The Morgan fingerprint density at radius 2 is 2.17 bits per heavy atom. The molecule has 0 aliphatic rings. The molecule has 0 radical (unpaired) electrons. The molecule has 0 aromatic carbocycles. The molecule has 2 rings (SSSR count). The lowest BCUT2D eigenvalue weighted by molar-refractivity contribution is 0.570. The van der Waals surface area contributed by atoms with Gasteiger partial charge in [0.15, 0.2) is 0 Å². The van der Waals surface area contributed by atoms with Crippen LogP contribution in [-0.4, -0.2) is 26.1 Å². The van der Waals surface area contributed by atoms with Gasteiger partial charge in [0.2, 0.25) is 0 Å². The Morgan fingerprint density at radius 3 is 2.61 bits per heavy atom. The van der Waals surface area contributed by atoms with E-state index in [9.17, 15) is 0 Å². The van der Waals surface area contributed by atoms with Crippen molar-refractivity contribution in [3.05, 3.63) is 34.4 Å². The number of aromatic nitrogens is 4. The topological polar surface area (TPSA) is 47.7 Å². The number of nitrogens with one attached hydrogen (secondary N) is 1. The van der Waals surface area contributed by atoms with Crippen LogP contribution in [0.2, 0.25) is 5.02 Å². The highest BCUT2D eigenvalue weighted by atomic mass is 35.5. The molecule has 98 valence electrons. The first-order valence-electron chi connectivity index (χ1n) is 5.95. The molecule has 0 amide bonds. The summed E-state index contributed by atoms with van der Waals surface area (Å²) in [5.74, 6) is 0. The van der Waals surface area contributed by atoms with Crippen molar-refractivity contribution in [1.29, 1.82) is 0 Å². The molecule has 0 aliphatic carbocycles. The van der Waals surface area contributed by atoms with Crippen molar-refractivity contribution in [2.45, 2.75) is 19.9 Å². The predicted molar refractivity (Wildman–Crippen MR) is 71.7 cm³/mol. The van der Waals surface area contributed by atoms with E-state index >= 15 is 0 Å². The second kappa shape index (κ2) is 5.12. The molecule has 2 heterocycles. The number of aryl methyl sites for hydroxylation is 3. The molecule has 0 bridgehead atoms. The zero-order chi connectivity index (χ0) is 13.3. The molecule has 0 aliphatic heterocycles. The van der Waals surface area contributed by atoms with Crippen molar-refractivity contribution in [3.8, 4) is 0 Å². The first-order valence-corrected chi connectivity index (χ1v) is 6.33. The highest BCUT2D eigenvalue weighted by molar-refractivity contribution is 6.31. The van der Waals surface area contributed by atoms with E-state index < -0.39 is 0 Å². The molecule has 2 aromatic rings. The van der Waals surface area contributed by atoms with Gasteiger partial charge in [-0.05, 0) is 13.5 Å². The molecule has 1 atom stereocenters. The molecular weight excluding hydrogens is 250 g/mol. The molecular formula is C12H18ClN5. The third kappa shape index (κ3) is 2.28. The fraction of sp³-hybridized carbons (Fsp3) is 0.500. The van der Waals surface area contributed by atoms with Crippen molar-refractivity contribution in [2.24, 2.45) is 14.1 Å². The highest BCUT2D eigenvalue weighted by Crippen LogP contribution is 2.29. The van der Waals surface area contributed by atoms with Crippen LogP contribution in [0.1, 0.15) is 29.9 Å². The number of nitrogens with zero attached hydrogens (tertiary/aromatic N) is 4. The first-order chi connectivity index (χ1) is 8.54. The van der Waals surface area contributed by atoms with E-state index in [1.165, 1.54) is 0 Å². The van der Waals surface area contributed by atoms with Gasteiger partial charge in [-0.3, -0.25) is 9.36 Å². The Morgan fingerprint density at radius 1 is 1.44 bits per heavy atom. The van der Waals surface area contributed by atoms with Crippen molar-refractivity contribution >= 4 is 11.6 Å². The van der Waals surface area contributed by atoms with Gasteiger partial charge in [-0.25, -0.2) is 0 Å². The van der Waals surface area contributed by atoms with Crippen LogP contribution in [0.15, 0.2) is 12.4 Å². The van der Waals surface area contributed by atoms with Crippen LogP contribution in [0, 0.1) is 6.92 Å². The van der Waals surface area contributed by atoms with Crippen LogP contribution in [0.5, 0.6) is 0 Å². The SMILES string of the molecule is CCNC(c1cn(C)nc1C)c1c(Cl)cnn1C. The van der Waals surface area contributed by atoms with Crippen molar-refractivity contribution in [3.63, 3.8) is 0 Å². The molecule has 1 N–H and O–H groups in total. The lowest BCUT2D eigenvalue weighted by Gasteiger charge is -2.18. The highest BCUT2D eigenvalue weighted by Gasteiger charge is 2.23. The Kier molecular flexibility index (Phi) is 3.73. The summed E-state index contributed by atoms with van der Waals surface area (Å²) in [4.78, 5) is 0. The van der Waals surface area contributed by atoms with E-state index in [0.29, 0.717) is 5.02 Å². The number of hydrogen-bond acceptors (Lipinski definition) is 3. The molecule has 0 saturated carbocycles. The summed E-state index contributed by atoms with van der Waals surface area (Å²) in [7, 11) is 3.82. The minimum absolute atomic E-state index is 0.0173. The summed E-state index contributed by atoms with van der Waals surface area (Å²) in [5.41, 5.74) is 3.10. The quantitative estimate of drug-likeness (QED) is 0.919. The summed E-state index contributed by atoms with van der Waals surface area (Å²) < 4.78 is 3.63. The molecule has 2 aromatic heterocycles. The van der Waals surface area contributed by atoms with E-state index in [-0.39, 0.29) is 6.04 Å². The Hall–Kier alpha value is -1.33. The molecule has 0 spiro atoms. The van der Waals surface area contributed by atoms with Crippen LogP contribution in [-0.2, 0) is 14.1 Å². The average Bonchev–Trinajstić information content (AvgIpc) is 2.80. The maximum Gasteiger partial charge on any atom is 0.0837 e. The van der Waals surface area contributed by atoms with E-state index in [1.807, 2.05) is 36.6 Å². The fourth-order valence-corrected chi connectivity index (χ4v) is 2.48. The maximum absolute atomic E-state index is 6.23. The second-order valence-electron chi connectivity index (χ2n) is 4.34. The second-order valence-corrected chi connectivity index (χ2v) is 4.74. The molecule has 0 saturated heterocycles. The molecule has 1 unspecified atom stereocenters. The summed E-state index contributed by atoms with van der Waals surface area (Å²) in [6, 6.07) is 0.0173. The van der Waals surface area contributed by atoms with Gasteiger partial charge in [0.05, 0.1) is 28.6 Å². The molecule has 6 heteroatoms. The Balaban J connectivity index is 2.49. The lowest BCUT2D eigenvalue weighted by atomic mass is 10.0. The maximum atomic E-state index is 6.23. The van der Waals surface area contributed by atoms with Crippen molar-refractivity contribution < 1.29 is 0 Å². The minimum atomic E-state index is 0.0173. The van der Waals surface area contributed by atoms with Crippen LogP contribution in [0.25, 0.3) is 0 Å². The third-order valence-electron chi connectivity index (χ3n) is 2.98. The van der Waals surface area contributed by atoms with Gasteiger partial charge >= 0.3 is 0 Å². The van der Waals surface area contributed by atoms with Gasteiger partial charge in [0.25, 0.3) is 0 Å². The zero-order valence-corrected chi connectivity index (χ0v) is 11.9. The number of rotatable bonds is 4. The monoisotopic (exact) mass is 267 g/mol. The largest absolute Gasteiger partial charge is 0.305 e. The Bertz CT molecular complexity index is 523. The molecule has 0 fully saturated rings. The number of hydrogen-bond donors (Lipinski definition) is 1. The van der Waals surface area contributed by atoms with Gasteiger partial charge in [-0.15, -0.1) is 0 Å². The van der Waals surface area contributed by atoms with Crippen molar-refractivity contribution in [2.75, 3.05) is 6.54 Å². The summed E-state index contributed by atoms with van der Waals surface area (Å²) in [6.45, 7) is 4.92. The normalized spacial score (nSPS) is 12.9. The fourth-order valence-electron chi connectivity index (χ4n) is 2.20. The van der Waals surface area contributed by atoms with E-state index in [1.54, 1.807) is 6.20 Å². The summed E-state index contributed by atoms with van der Waals surface area (Å²) in [5, 5.41) is 12.7. The summed E-state index contributed by atoms with van der Waals surface area (Å²) in [6.07, 6.45) is 3.69. The Labute approximate surface area is 112 Å². The molecule has 5 nitrogen and oxygen atoms in total. The lowest BCUT2D eigenvalue weighted by Crippen LogP contribution is -2.24. The van der Waals surface area contributed by atoms with Gasteiger partial charge in [-0.1, -0.05) is 18.5 Å². The average molecular weight is 268 g/mol. The van der Waals surface area contributed by atoms with Gasteiger partial charge in [0.1, 0.15) is 0 Å². The van der Waals surface area contributed by atoms with E-state index in [0.717, 1.165) is 23.5 Å². The zero-order valence-electron chi connectivity index (χ0n) is 11.1. The van der Waals surface area contributed by atoms with Crippen LogP contribution in [0.3, 0.4) is 0 Å².